The number of carbonyl (C=O) groups is 2. The molecule has 1 aromatic carbocycles. The molecule has 5 heteroatoms. The lowest BCUT2D eigenvalue weighted by Gasteiger charge is -2.13. The van der Waals surface area contributed by atoms with E-state index >= 15 is 0 Å². The van der Waals surface area contributed by atoms with Crippen molar-refractivity contribution in [3.63, 3.8) is 0 Å². The van der Waals surface area contributed by atoms with E-state index in [1.165, 1.54) is 12.2 Å². The molecule has 0 saturated heterocycles. The van der Waals surface area contributed by atoms with Gasteiger partial charge in [0.2, 0.25) is 0 Å². The number of rotatable bonds is 6. The van der Waals surface area contributed by atoms with Crippen LogP contribution in [0.2, 0.25) is 0 Å². The normalized spacial score (nSPS) is 12.3. The van der Waals surface area contributed by atoms with Crippen LogP contribution in [0.25, 0.3) is 0 Å². The van der Waals surface area contributed by atoms with E-state index in [1.807, 2.05) is 30.3 Å². The molecule has 0 fully saturated rings. The second-order valence-electron chi connectivity index (χ2n) is 3.62. The molecule has 1 atom stereocenters. The van der Waals surface area contributed by atoms with Crippen molar-refractivity contribution in [2.45, 2.75) is 19.4 Å². The van der Waals surface area contributed by atoms with Crippen LogP contribution in [0.15, 0.2) is 42.5 Å². The lowest BCUT2D eigenvalue weighted by atomic mass is 10.1. The third-order valence-corrected chi connectivity index (χ3v) is 2.19. The summed E-state index contributed by atoms with van der Waals surface area (Å²) in [5, 5.41) is 9.01. The number of carbonyl (C=O) groups excluding carboxylic acids is 1. The summed E-state index contributed by atoms with van der Waals surface area (Å²) < 4.78 is 0. The molecule has 0 aliphatic heterocycles. The molecule has 5 nitrogen and oxygen atoms in total. The molecule has 0 aromatic heterocycles. The van der Waals surface area contributed by atoms with Crippen LogP contribution >= 0.6 is 0 Å². The van der Waals surface area contributed by atoms with E-state index in [9.17, 15) is 9.59 Å². The summed E-state index contributed by atoms with van der Waals surface area (Å²) in [7, 11) is 0. The third kappa shape index (κ3) is 4.80. The Kier molecular flexibility index (Phi) is 5.60. The number of carboxylic acid groups (broad SMARTS) is 1. The van der Waals surface area contributed by atoms with Gasteiger partial charge >= 0.3 is 11.9 Å². The topological polar surface area (TPSA) is 75.6 Å². The fraction of sp³-hybridized carbons (Fsp3) is 0.231. The Bertz CT molecular complexity index is 428. The highest BCUT2D eigenvalue weighted by Gasteiger charge is 2.19. The molecule has 0 aliphatic carbocycles. The molecule has 2 N–H and O–H groups in total. The Morgan fingerprint density at radius 3 is 2.61 bits per heavy atom. The molecule has 1 aromatic rings. The highest BCUT2D eigenvalue weighted by molar-refractivity contribution is 5.82. The van der Waals surface area contributed by atoms with Gasteiger partial charge in [-0.15, -0.1) is 5.48 Å². The number of hydrogen-bond donors (Lipinski definition) is 2. The summed E-state index contributed by atoms with van der Waals surface area (Å²) in [6, 6.07) is 8.14. The van der Waals surface area contributed by atoms with Gasteiger partial charge in [-0.05, 0) is 12.5 Å². The molecule has 0 heterocycles. The predicted molar refractivity (Wildman–Crippen MR) is 65.6 cm³/mol. The van der Waals surface area contributed by atoms with Crippen molar-refractivity contribution in [1.29, 1.82) is 0 Å². The van der Waals surface area contributed by atoms with E-state index < -0.39 is 18.0 Å². The molecule has 18 heavy (non-hydrogen) atoms. The van der Waals surface area contributed by atoms with Crippen LogP contribution in [0.3, 0.4) is 0 Å². The molecule has 96 valence electrons. The van der Waals surface area contributed by atoms with Crippen molar-refractivity contribution >= 4 is 11.9 Å². The van der Waals surface area contributed by atoms with Crippen LogP contribution < -0.4 is 5.48 Å². The second kappa shape index (κ2) is 7.24. The Balaban J connectivity index is 2.56. The summed E-state index contributed by atoms with van der Waals surface area (Å²) >= 11 is 0. The Morgan fingerprint density at radius 1 is 1.39 bits per heavy atom. The largest absolute Gasteiger partial charge is 0.480 e. The highest BCUT2D eigenvalue weighted by Crippen LogP contribution is 2.03. The third-order valence-electron chi connectivity index (χ3n) is 2.19. The quantitative estimate of drug-likeness (QED) is 0.587. The van der Waals surface area contributed by atoms with Crippen molar-refractivity contribution in [2.75, 3.05) is 0 Å². The smallest absolute Gasteiger partial charge is 0.349 e. The van der Waals surface area contributed by atoms with Gasteiger partial charge in [0.1, 0.15) is 6.04 Å². The average Bonchev–Trinajstić information content (AvgIpc) is 2.35. The van der Waals surface area contributed by atoms with Crippen molar-refractivity contribution in [3.05, 3.63) is 48.0 Å². The molecular weight excluding hydrogens is 234 g/mol. The number of carboxylic acids is 1. The van der Waals surface area contributed by atoms with Crippen LogP contribution in [-0.2, 0) is 20.8 Å². The van der Waals surface area contributed by atoms with Gasteiger partial charge in [0.05, 0.1) is 0 Å². The number of aliphatic carboxylic acids is 1. The molecule has 0 radical (unpaired) electrons. The number of allylic oxidation sites excluding steroid dienone is 1. The maximum atomic E-state index is 11.1. The summed E-state index contributed by atoms with van der Waals surface area (Å²) in [5.74, 6) is -1.70. The Morgan fingerprint density at radius 2 is 2.06 bits per heavy atom. The molecule has 0 amide bonds. The monoisotopic (exact) mass is 249 g/mol. The number of hydrogen-bond acceptors (Lipinski definition) is 4. The zero-order valence-electron chi connectivity index (χ0n) is 10.00. The maximum Gasteiger partial charge on any atom is 0.349 e. The van der Waals surface area contributed by atoms with Gasteiger partial charge in [0, 0.05) is 12.5 Å². The molecular formula is C13H15NO4. The lowest BCUT2D eigenvalue weighted by molar-refractivity contribution is -0.153. The number of hydroxylamine groups is 1. The minimum absolute atomic E-state index is 0.235. The van der Waals surface area contributed by atoms with Gasteiger partial charge in [0.25, 0.3) is 0 Å². The van der Waals surface area contributed by atoms with Crippen molar-refractivity contribution in [1.82, 2.24) is 5.48 Å². The predicted octanol–water partition coefficient (Wildman–Crippen LogP) is 1.31. The van der Waals surface area contributed by atoms with E-state index in [0.29, 0.717) is 0 Å². The van der Waals surface area contributed by atoms with Gasteiger partial charge < -0.3 is 9.94 Å². The summed E-state index contributed by atoms with van der Waals surface area (Å²) in [6.45, 7) is 1.67. The van der Waals surface area contributed by atoms with E-state index in [-0.39, 0.29) is 6.42 Å². The van der Waals surface area contributed by atoms with Gasteiger partial charge in [-0.2, -0.15) is 0 Å². The summed E-state index contributed by atoms with van der Waals surface area (Å²) in [4.78, 5) is 26.7. The van der Waals surface area contributed by atoms with Crippen molar-refractivity contribution in [2.24, 2.45) is 0 Å². The molecule has 0 saturated carbocycles. The van der Waals surface area contributed by atoms with E-state index in [1.54, 1.807) is 6.92 Å². The lowest BCUT2D eigenvalue weighted by Crippen LogP contribution is -2.39. The van der Waals surface area contributed by atoms with Crippen molar-refractivity contribution < 1.29 is 19.5 Å². The first-order chi connectivity index (χ1) is 8.63. The van der Waals surface area contributed by atoms with Gasteiger partial charge in [-0.1, -0.05) is 36.4 Å². The molecule has 0 aliphatic rings. The Hall–Kier alpha value is -2.14. The number of benzene rings is 1. The maximum absolute atomic E-state index is 11.1. The molecule has 0 spiro atoms. The minimum atomic E-state index is -1.08. The molecule has 1 rings (SSSR count). The Labute approximate surface area is 105 Å². The van der Waals surface area contributed by atoms with Gasteiger partial charge in [0.15, 0.2) is 0 Å². The molecule has 0 bridgehead atoms. The first kappa shape index (κ1) is 13.9. The van der Waals surface area contributed by atoms with Crippen LogP contribution in [0, 0.1) is 0 Å². The summed E-state index contributed by atoms with van der Waals surface area (Å²) in [6.07, 6.45) is 2.95. The van der Waals surface area contributed by atoms with E-state index in [0.717, 1.165) is 5.56 Å². The second-order valence-corrected chi connectivity index (χ2v) is 3.62. The van der Waals surface area contributed by atoms with Crippen molar-refractivity contribution in [3.8, 4) is 0 Å². The average molecular weight is 249 g/mol. The van der Waals surface area contributed by atoms with Crippen LogP contribution in [-0.4, -0.2) is 23.1 Å². The standard InChI is InChI=1S/C13H15NO4/c1-2-6-12(15)18-14-11(13(16)17)9-10-7-4-3-5-8-10/h2-8,11,14H,9H2,1H3,(H,16,17)/t11-/m0/s1. The zero-order chi connectivity index (χ0) is 13.4. The van der Waals surface area contributed by atoms with Crippen LogP contribution in [0.1, 0.15) is 12.5 Å². The minimum Gasteiger partial charge on any atom is -0.480 e. The fourth-order valence-corrected chi connectivity index (χ4v) is 1.33. The van der Waals surface area contributed by atoms with E-state index in [2.05, 4.69) is 10.3 Å². The molecule has 0 unspecified atom stereocenters. The van der Waals surface area contributed by atoms with Gasteiger partial charge in [-0.25, -0.2) is 4.79 Å². The first-order valence-corrected chi connectivity index (χ1v) is 5.49. The first-order valence-electron chi connectivity index (χ1n) is 5.49. The van der Waals surface area contributed by atoms with Crippen LogP contribution in [0.5, 0.6) is 0 Å². The fourth-order valence-electron chi connectivity index (χ4n) is 1.33. The SMILES string of the molecule is CC=CC(=O)ON[C@@H](Cc1ccccc1)C(=O)O. The zero-order valence-corrected chi connectivity index (χ0v) is 10.00. The highest BCUT2D eigenvalue weighted by atomic mass is 16.7. The van der Waals surface area contributed by atoms with E-state index in [4.69, 9.17) is 5.11 Å². The van der Waals surface area contributed by atoms with Gasteiger partial charge in [-0.3, -0.25) is 4.79 Å². The number of nitrogens with one attached hydrogen (secondary N) is 1. The summed E-state index contributed by atoms with van der Waals surface area (Å²) in [5.41, 5.74) is 3.10. The van der Waals surface area contributed by atoms with Crippen LogP contribution in [0.4, 0.5) is 0 Å².